The Kier molecular flexibility index (Phi) is 4.22. The van der Waals surface area contributed by atoms with Gasteiger partial charge in [0, 0.05) is 6.54 Å². The molecule has 0 aromatic carbocycles. The molecule has 1 aromatic heterocycles. The van der Waals surface area contributed by atoms with Gasteiger partial charge >= 0.3 is 0 Å². The Morgan fingerprint density at radius 3 is 2.94 bits per heavy atom. The van der Waals surface area contributed by atoms with Gasteiger partial charge in [-0.1, -0.05) is 22.9 Å². The second kappa shape index (κ2) is 5.49. The predicted octanol–water partition coefficient (Wildman–Crippen LogP) is 0.875. The standard InChI is InChI=1S/C10H15ClN2O3S/c1-6-5-16-7(3-14)2-13(6)10-12-9(11)8(4-15)17-10/h6-7,14-15H,2-5H2,1H3. The number of halogens is 1. The average molecular weight is 279 g/mol. The van der Waals surface area contributed by atoms with Crippen LogP contribution in [-0.4, -0.2) is 47.1 Å². The number of hydrogen-bond acceptors (Lipinski definition) is 6. The van der Waals surface area contributed by atoms with E-state index in [1.165, 1.54) is 11.3 Å². The summed E-state index contributed by atoms with van der Waals surface area (Å²) in [4.78, 5) is 6.96. The van der Waals surface area contributed by atoms with Crippen LogP contribution in [-0.2, 0) is 11.3 Å². The Morgan fingerprint density at radius 2 is 2.35 bits per heavy atom. The van der Waals surface area contributed by atoms with Crippen molar-refractivity contribution in [3.63, 3.8) is 0 Å². The summed E-state index contributed by atoms with van der Waals surface area (Å²) in [5.74, 6) is 0. The van der Waals surface area contributed by atoms with Crippen molar-refractivity contribution >= 4 is 28.1 Å². The minimum Gasteiger partial charge on any atom is -0.394 e. The molecule has 1 aliphatic heterocycles. The third-order valence-corrected chi connectivity index (χ3v) is 4.24. The first-order valence-corrected chi connectivity index (χ1v) is 6.60. The normalized spacial score (nSPS) is 25.3. The maximum absolute atomic E-state index is 9.11. The van der Waals surface area contributed by atoms with Crippen molar-refractivity contribution < 1.29 is 14.9 Å². The number of ether oxygens (including phenoxy) is 1. The molecule has 96 valence electrons. The Labute approximate surface area is 109 Å². The first-order valence-electron chi connectivity index (χ1n) is 5.40. The fourth-order valence-electron chi connectivity index (χ4n) is 1.74. The SMILES string of the molecule is CC1COC(CO)CN1c1nc(Cl)c(CO)s1. The lowest BCUT2D eigenvalue weighted by molar-refractivity contribution is -0.0103. The quantitative estimate of drug-likeness (QED) is 0.859. The van der Waals surface area contributed by atoms with Crippen LogP contribution >= 0.6 is 22.9 Å². The molecule has 1 aromatic rings. The zero-order valence-electron chi connectivity index (χ0n) is 9.47. The minimum atomic E-state index is -0.188. The van der Waals surface area contributed by atoms with Gasteiger partial charge in [-0.3, -0.25) is 0 Å². The van der Waals surface area contributed by atoms with Gasteiger partial charge in [0.15, 0.2) is 5.13 Å². The number of morpholine rings is 1. The highest BCUT2D eigenvalue weighted by Crippen LogP contribution is 2.32. The van der Waals surface area contributed by atoms with E-state index >= 15 is 0 Å². The number of thiazole rings is 1. The lowest BCUT2D eigenvalue weighted by Gasteiger charge is -2.37. The van der Waals surface area contributed by atoms with Crippen LogP contribution in [0.25, 0.3) is 0 Å². The van der Waals surface area contributed by atoms with Gasteiger partial charge in [0.1, 0.15) is 5.15 Å². The van der Waals surface area contributed by atoms with E-state index in [0.29, 0.717) is 23.2 Å². The summed E-state index contributed by atoms with van der Waals surface area (Å²) in [5, 5.41) is 19.3. The molecule has 2 atom stereocenters. The van der Waals surface area contributed by atoms with Gasteiger partial charge in [0.05, 0.1) is 36.8 Å². The summed E-state index contributed by atoms with van der Waals surface area (Å²) >= 11 is 7.29. The van der Waals surface area contributed by atoms with Crippen LogP contribution in [0.5, 0.6) is 0 Å². The van der Waals surface area contributed by atoms with Crippen LogP contribution in [0.1, 0.15) is 11.8 Å². The van der Waals surface area contributed by atoms with Crippen LogP contribution in [0, 0.1) is 0 Å². The van der Waals surface area contributed by atoms with E-state index < -0.39 is 0 Å². The number of hydrogen-bond donors (Lipinski definition) is 2. The highest BCUT2D eigenvalue weighted by molar-refractivity contribution is 7.16. The summed E-state index contributed by atoms with van der Waals surface area (Å²) < 4.78 is 5.46. The van der Waals surface area contributed by atoms with Gasteiger partial charge in [0.2, 0.25) is 0 Å². The predicted molar refractivity (Wildman–Crippen MR) is 66.7 cm³/mol. The lowest BCUT2D eigenvalue weighted by atomic mass is 10.2. The number of aliphatic hydroxyl groups excluding tert-OH is 2. The minimum absolute atomic E-state index is 0.00478. The average Bonchev–Trinajstić information content (AvgIpc) is 2.71. The van der Waals surface area contributed by atoms with Crippen LogP contribution in [0.3, 0.4) is 0 Å². The highest BCUT2D eigenvalue weighted by Gasteiger charge is 2.28. The lowest BCUT2D eigenvalue weighted by Crippen LogP contribution is -2.49. The number of rotatable bonds is 3. The van der Waals surface area contributed by atoms with Gasteiger partial charge in [-0.15, -0.1) is 0 Å². The number of aromatic nitrogens is 1. The molecule has 2 rings (SSSR count). The number of nitrogens with zero attached hydrogens (tertiary/aromatic N) is 2. The van der Waals surface area contributed by atoms with Crippen LogP contribution in [0.4, 0.5) is 5.13 Å². The van der Waals surface area contributed by atoms with Gasteiger partial charge < -0.3 is 19.8 Å². The van der Waals surface area contributed by atoms with E-state index in [1.807, 2.05) is 6.92 Å². The van der Waals surface area contributed by atoms with Gasteiger partial charge in [-0.05, 0) is 6.92 Å². The molecular weight excluding hydrogens is 264 g/mol. The smallest absolute Gasteiger partial charge is 0.187 e. The van der Waals surface area contributed by atoms with E-state index in [0.717, 1.165) is 5.13 Å². The molecule has 0 aliphatic carbocycles. The summed E-state index contributed by atoms with van der Waals surface area (Å²) in [6, 6.07) is 0.187. The molecule has 1 saturated heterocycles. The molecular formula is C10H15ClN2O3S. The van der Waals surface area contributed by atoms with E-state index in [9.17, 15) is 0 Å². The molecule has 1 fully saturated rings. The third-order valence-electron chi connectivity index (χ3n) is 2.74. The molecule has 2 heterocycles. The van der Waals surface area contributed by atoms with Gasteiger partial charge in [0.25, 0.3) is 0 Å². The van der Waals surface area contributed by atoms with Crippen molar-refractivity contribution in [2.24, 2.45) is 0 Å². The van der Waals surface area contributed by atoms with Gasteiger partial charge in [-0.2, -0.15) is 0 Å². The zero-order chi connectivity index (χ0) is 12.4. The largest absolute Gasteiger partial charge is 0.394 e. The van der Waals surface area contributed by atoms with Crippen molar-refractivity contribution in [1.82, 2.24) is 4.98 Å². The maximum atomic E-state index is 9.11. The Hall–Kier alpha value is -0.400. The number of anilines is 1. The molecule has 1 aliphatic rings. The van der Waals surface area contributed by atoms with Crippen molar-refractivity contribution in [2.75, 3.05) is 24.7 Å². The molecule has 2 N–H and O–H groups in total. The Bertz CT molecular complexity index is 388. The molecule has 2 unspecified atom stereocenters. The third kappa shape index (κ3) is 2.71. The molecule has 0 saturated carbocycles. The van der Waals surface area contributed by atoms with Crippen LogP contribution < -0.4 is 4.90 Å². The second-order valence-electron chi connectivity index (χ2n) is 4.01. The van der Waals surface area contributed by atoms with E-state index in [4.69, 9.17) is 26.6 Å². The summed E-state index contributed by atoms with van der Waals surface area (Å²) in [5.41, 5.74) is 0. The second-order valence-corrected chi connectivity index (χ2v) is 5.43. The van der Waals surface area contributed by atoms with Gasteiger partial charge in [-0.25, -0.2) is 4.98 Å². The molecule has 0 spiro atoms. The topological polar surface area (TPSA) is 65.8 Å². The van der Waals surface area contributed by atoms with Crippen LogP contribution in [0.2, 0.25) is 5.15 Å². The van der Waals surface area contributed by atoms with Crippen molar-refractivity contribution in [2.45, 2.75) is 25.7 Å². The highest BCUT2D eigenvalue weighted by atomic mass is 35.5. The fraction of sp³-hybridized carbons (Fsp3) is 0.700. The van der Waals surface area contributed by atoms with Crippen molar-refractivity contribution in [3.05, 3.63) is 10.0 Å². The monoisotopic (exact) mass is 278 g/mol. The Morgan fingerprint density at radius 1 is 1.59 bits per heavy atom. The molecule has 5 nitrogen and oxygen atoms in total. The van der Waals surface area contributed by atoms with Crippen LogP contribution in [0.15, 0.2) is 0 Å². The summed E-state index contributed by atoms with van der Waals surface area (Å²) in [6.07, 6.45) is -0.188. The first kappa shape index (κ1) is 13.0. The molecule has 7 heteroatoms. The van der Waals surface area contributed by atoms with E-state index in [2.05, 4.69) is 9.88 Å². The Balaban J connectivity index is 2.18. The van der Waals surface area contributed by atoms with E-state index in [1.54, 1.807) is 0 Å². The summed E-state index contributed by atoms with van der Waals surface area (Å²) in [7, 11) is 0. The fourth-order valence-corrected chi connectivity index (χ4v) is 2.97. The zero-order valence-corrected chi connectivity index (χ0v) is 11.0. The molecule has 0 bridgehead atoms. The number of aliphatic hydroxyl groups is 2. The molecule has 0 radical (unpaired) electrons. The molecule has 0 amide bonds. The van der Waals surface area contributed by atoms with Crippen molar-refractivity contribution in [1.29, 1.82) is 0 Å². The van der Waals surface area contributed by atoms with Crippen molar-refractivity contribution in [3.8, 4) is 0 Å². The molecule has 17 heavy (non-hydrogen) atoms. The first-order chi connectivity index (χ1) is 8.15. The summed E-state index contributed by atoms with van der Waals surface area (Å²) in [6.45, 7) is 3.07. The van der Waals surface area contributed by atoms with E-state index in [-0.39, 0.29) is 25.4 Å². The maximum Gasteiger partial charge on any atom is 0.187 e.